The third kappa shape index (κ3) is 4.03. The Morgan fingerprint density at radius 2 is 1.79 bits per heavy atom. The first kappa shape index (κ1) is 23.9. The minimum Gasteiger partial charge on any atom is -0.348 e. The van der Waals surface area contributed by atoms with Crippen molar-refractivity contribution in [3.63, 3.8) is 0 Å². The summed E-state index contributed by atoms with van der Waals surface area (Å²) < 4.78 is 29.2. The number of aromatic nitrogens is 2. The molecule has 1 aliphatic heterocycles. The van der Waals surface area contributed by atoms with Crippen molar-refractivity contribution in [2.24, 2.45) is 7.05 Å². The summed E-state index contributed by atoms with van der Waals surface area (Å²) in [4.78, 5) is 30.7. The highest BCUT2D eigenvalue weighted by molar-refractivity contribution is 6.31. The van der Waals surface area contributed by atoms with E-state index in [1.807, 2.05) is 24.2 Å². The van der Waals surface area contributed by atoms with E-state index in [2.05, 4.69) is 10.3 Å². The number of carbonyl (C=O) groups is 1. The summed E-state index contributed by atoms with van der Waals surface area (Å²) in [6.07, 6.45) is 3.58. The second-order valence-electron chi connectivity index (χ2n) is 9.23. The third-order valence-corrected chi connectivity index (χ3v) is 7.22. The fourth-order valence-electron chi connectivity index (χ4n) is 5.04. The molecule has 1 amide bonds. The van der Waals surface area contributed by atoms with Crippen LogP contribution in [0.1, 0.15) is 21.5 Å². The number of anilines is 2. The van der Waals surface area contributed by atoms with Gasteiger partial charge in [-0.05, 0) is 71.8 Å². The molecule has 0 fully saturated rings. The topological polar surface area (TPSA) is 70.1 Å². The Bertz CT molecular complexity index is 1790. The number of nitrogens with one attached hydrogen (secondary N) is 2. The maximum Gasteiger partial charge on any atom is 0.272 e. The molecule has 6 rings (SSSR count). The number of fused-ring (bicyclic) bond motifs is 2. The van der Waals surface area contributed by atoms with Crippen LogP contribution in [0.2, 0.25) is 5.02 Å². The van der Waals surface area contributed by atoms with E-state index in [9.17, 15) is 18.4 Å². The second-order valence-corrected chi connectivity index (χ2v) is 9.64. The summed E-state index contributed by atoms with van der Waals surface area (Å²) in [6.45, 7) is 0.481. The molecule has 3 heterocycles. The van der Waals surface area contributed by atoms with Crippen molar-refractivity contribution in [1.82, 2.24) is 14.9 Å². The van der Waals surface area contributed by atoms with Crippen LogP contribution < -0.4 is 15.8 Å². The van der Waals surface area contributed by atoms with Crippen molar-refractivity contribution in [2.45, 2.75) is 13.1 Å². The van der Waals surface area contributed by atoms with E-state index in [0.29, 0.717) is 28.2 Å². The Kier molecular flexibility index (Phi) is 5.76. The van der Waals surface area contributed by atoms with Gasteiger partial charge < -0.3 is 19.8 Å². The lowest BCUT2D eigenvalue weighted by Crippen LogP contribution is -2.23. The lowest BCUT2D eigenvalue weighted by Gasteiger charge is -2.26. The Balaban J connectivity index is 1.47. The predicted octanol–water partition coefficient (Wildman–Crippen LogP) is 6.05. The monoisotopic (exact) mass is 530 g/mol. The van der Waals surface area contributed by atoms with E-state index in [1.54, 1.807) is 35.0 Å². The zero-order valence-electron chi connectivity index (χ0n) is 20.2. The van der Waals surface area contributed by atoms with Crippen LogP contribution in [0.4, 0.5) is 20.2 Å². The smallest absolute Gasteiger partial charge is 0.272 e. The van der Waals surface area contributed by atoms with E-state index in [1.165, 1.54) is 30.3 Å². The summed E-state index contributed by atoms with van der Waals surface area (Å²) in [7, 11) is 1.81. The van der Waals surface area contributed by atoms with E-state index in [0.717, 1.165) is 33.5 Å². The molecule has 5 aromatic rings. The number of rotatable bonds is 4. The Morgan fingerprint density at radius 3 is 2.58 bits per heavy atom. The largest absolute Gasteiger partial charge is 0.348 e. The van der Waals surface area contributed by atoms with Crippen molar-refractivity contribution in [3.05, 3.63) is 117 Å². The number of hydrogen-bond acceptors (Lipinski definition) is 3. The van der Waals surface area contributed by atoms with Gasteiger partial charge in [-0.3, -0.25) is 9.59 Å². The molecule has 0 saturated carbocycles. The van der Waals surface area contributed by atoms with Gasteiger partial charge >= 0.3 is 0 Å². The highest BCUT2D eigenvalue weighted by atomic mass is 35.5. The van der Waals surface area contributed by atoms with Gasteiger partial charge in [0.1, 0.15) is 17.2 Å². The number of aryl methyl sites for hydroxylation is 1. The van der Waals surface area contributed by atoms with Crippen molar-refractivity contribution in [3.8, 4) is 11.1 Å². The van der Waals surface area contributed by atoms with Gasteiger partial charge in [-0.15, -0.1) is 0 Å². The van der Waals surface area contributed by atoms with Crippen LogP contribution >= 0.6 is 11.6 Å². The van der Waals surface area contributed by atoms with Crippen LogP contribution in [-0.2, 0) is 20.1 Å². The number of amides is 1. The lowest BCUT2D eigenvalue weighted by molar-refractivity contribution is 0.0951. The van der Waals surface area contributed by atoms with Gasteiger partial charge in [-0.2, -0.15) is 0 Å². The number of nitrogens with zero attached hydrogens (tertiary/aromatic N) is 2. The van der Waals surface area contributed by atoms with E-state index in [-0.39, 0.29) is 23.8 Å². The average Bonchev–Trinajstić information content (AvgIpc) is 3.20. The first-order valence-corrected chi connectivity index (χ1v) is 12.3. The molecule has 190 valence electrons. The normalized spacial score (nSPS) is 12.4. The minimum atomic E-state index is -0.439. The maximum absolute atomic E-state index is 13.7. The summed E-state index contributed by atoms with van der Waals surface area (Å²) >= 11 is 6.15. The van der Waals surface area contributed by atoms with Gasteiger partial charge in [0.05, 0.1) is 6.54 Å². The molecule has 0 bridgehead atoms. The zero-order chi connectivity index (χ0) is 26.6. The van der Waals surface area contributed by atoms with Crippen LogP contribution in [-0.4, -0.2) is 15.5 Å². The molecule has 0 aliphatic carbocycles. The number of halogens is 3. The van der Waals surface area contributed by atoms with Gasteiger partial charge in [-0.25, -0.2) is 8.78 Å². The van der Waals surface area contributed by atoms with E-state index >= 15 is 0 Å². The molecular formula is C29H21ClF2N4O2. The second kappa shape index (κ2) is 9.15. The van der Waals surface area contributed by atoms with Crippen molar-refractivity contribution in [1.29, 1.82) is 0 Å². The molecule has 0 radical (unpaired) electrons. The molecule has 2 aromatic heterocycles. The van der Waals surface area contributed by atoms with Crippen LogP contribution in [0.3, 0.4) is 0 Å². The lowest BCUT2D eigenvalue weighted by atomic mass is 9.99. The van der Waals surface area contributed by atoms with E-state index in [4.69, 9.17) is 11.6 Å². The quantitative estimate of drug-likeness (QED) is 0.297. The molecule has 1 aliphatic rings. The molecule has 0 spiro atoms. The fourth-order valence-corrected chi connectivity index (χ4v) is 5.22. The zero-order valence-corrected chi connectivity index (χ0v) is 20.9. The molecule has 38 heavy (non-hydrogen) atoms. The molecule has 0 unspecified atom stereocenters. The van der Waals surface area contributed by atoms with Crippen molar-refractivity contribution in [2.75, 3.05) is 4.90 Å². The molecule has 3 aromatic carbocycles. The van der Waals surface area contributed by atoms with Crippen LogP contribution in [0.15, 0.2) is 77.9 Å². The third-order valence-electron chi connectivity index (χ3n) is 6.85. The van der Waals surface area contributed by atoms with Crippen LogP contribution in [0.25, 0.3) is 22.0 Å². The molecule has 2 N–H and O–H groups in total. The number of carbonyl (C=O) groups excluding carboxylic acids is 1. The Morgan fingerprint density at radius 1 is 1.03 bits per heavy atom. The summed E-state index contributed by atoms with van der Waals surface area (Å²) in [5.41, 5.74) is 5.19. The number of hydrogen-bond donors (Lipinski definition) is 2. The van der Waals surface area contributed by atoms with Crippen molar-refractivity contribution >= 4 is 39.8 Å². The number of pyridine rings is 1. The summed E-state index contributed by atoms with van der Waals surface area (Å²) in [5.74, 6) is -1.14. The molecule has 0 saturated heterocycles. The summed E-state index contributed by atoms with van der Waals surface area (Å²) in [5, 5.41) is 3.96. The highest BCUT2D eigenvalue weighted by Gasteiger charge is 2.26. The molecular weight excluding hydrogens is 510 g/mol. The maximum atomic E-state index is 13.7. The summed E-state index contributed by atoms with van der Waals surface area (Å²) in [6, 6.07) is 15.5. The highest BCUT2D eigenvalue weighted by Crippen LogP contribution is 2.44. The van der Waals surface area contributed by atoms with Crippen LogP contribution in [0, 0.1) is 11.6 Å². The Labute approximate surface area is 221 Å². The van der Waals surface area contributed by atoms with Gasteiger partial charge in [0.2, 0.25) is 0 Å². The Hall–Kier alpha value is -4.43. The minimum absolute atomic E-state index is 0.0575. The molecule has 9 heteroatoms. The van der Waals surface area contributed by atoms with Gasteiger partial charge in [0.25, 0.3) is 11.5 Å². The first-order chi connectivity index (χ1) is 18.3. The van der Waals surface area contributed by atoms with Gasteiger partial charge in [0, 0.05) is 64.5 Å². The van der Waals surface area contributed by atoms with Crippen LogP contribution in [0.5, 0.6) is 0 Å². The average molecular weight is 531 g/mol. The number of H-pyrrole nitrogens is 1. The SMILES string of the molecule is Cn1cc2c3c(c[nH]c(=O)c31)CN(c1ccc(F)cc1)c1ccc(C(=O)NCc3cc(F)ccc3Cl)cc1-2. The standard InChI is InChI=1S/C29H21ClF2N4O2/c1-35-15-23-22-11-16(28(37)33-12-17-10-20(32)5-8-24(17)30)2-9-25(22)36(21-6-3-19(31)4-7-21)14-18-13-34-29(38)27(35)26(18)23/h2-11,13,15H,12,14H2,1H3,(H,33,37)(H,34,38). The van der Waals surface area contributed by atoms with Gasteiger partial charge in [0.15, 0.2) is 0 Å². The molecule has 0 atom stereocenters. The van der Waals surface area contributed by atoms with Crippen molar-refractivity contribution < 1.29 is 13.6 Å². The number of benzene rings is 3. The fraction of sp³-hybridized carbons (Fsp3) is 0.103. The predicted molar refractivity (Wildman–Crippen MR) is 144 cm³/mol. The first-order valence-electron chi connectivity index (χ1n) is 11.9. The van der Waals surface area contributed by atoms with E-state index < -0.39 is 5.82 Å². The molecule has 6 nitrogen and oxygen atoms in total. The number of aromatic amines is 1. The van der Waals surface area contributed by atoms with Gasteiger partial charge in [-0.1, -0.05) is 11.6 Å².